The Bertz CT molecular complexity index is 405. The van der Waals surface area contributed by atoms with Gasteiger partial charge in [-0.15, -0.1) is 0 Å². The molecule has 0 aliphatic carbocycles. The zero-order valence-electron chi connectivity index (χ0n) is 10.3. The van der Waals surface area contributed by atoms with Crippen molar-refractivity contribution in [3.05, 3.63) is 35.6 Å². The molecule has 0 aromatic heterocycles. The molecule has 2 rings (SSSR count). The number of likely N-dealkylation sites (tertiary alicyclic amines) is 1. The molecule has 1 fully saturated rings. The lowest BCUT2D eigenvalue weighted by molar-refractivity contribution is -0.137. The summed E-state index contributed by atoms with van der Waals surface area (Å²) in [5.74, 6) is -0.953. The summed E-state index contributed by atoms with van der Waals surface area (Å²) in [6, 6.07) is 6.88. The van der Waals surface area contributed by atoms with Gasteiger partial charge in [0.15, 0.2) is 0 Å². The topological polar surface area (TPSA) is 40.5 Å². The molecule has 1 heterocycles. The molecule has 1 N–H and O–H groups in total. The summed E-state index contributed by atoms with van der Waals surface area (Å²) in [5, 5.41) is 8.72. The minimum Gasteiger partial charge on any atom is -0.481 e. The van der Waals surface area contributed by atoms with Crippen LogP contribution >= 0.6 is 0 Å². The van der Waals surface area contributed by atoms with Gasteiger partial charge in [-0.3, -0.25) is 9.69 Å². The zero-order chi connectivity index (χ0) is 13.0. The van der Waals surface area contributed by atoms with Crippen molar-refractivity contribution in [2.24, 2.45) is 0 Å². The van der Waals surface area contributed by atoms with E-state index in [2.05, 4.69) is 4.90 Å². The van der Waals surface area contributed by atoms with Gasteiger partial charge in [-0.2, -0.15) is 0 Å². The molecule has 1 saturated heterocycles. The second-order valence-electron chi connectivity index (χ2n) is 4.83. The summed E-state index contributed by atoms with van der Waals surface area (Å²) in [4.78, 5) is 12.9. The number of carboxylic acid groups (broad SMARTS) is 1. The number of hydrogen-bond acceptors (Lipinski definition) is 2. The van der Waals surface area contributed by atoms with Crippen LogP contribution in [0.25, 0.3) is 0 Å². The maximum Gasteiger partial charge on any atom is 0.303 e. The van der Waals surface area contributed by atoms with Crippen molar-refractivity contribution >= 4 is 5.97 Å². The van der Waals surface area contributed by atoms with Crippen LogP contribution in [-0.4, -0.2) is 28.6 Å². The molecule has 0 amide bonds. The molecule has 0 bridgehead atoms. The second kappa shape index (κ2) is 5.96. The van der Waals surface area contributed by atoms with Gasteiger partial charge < -0.3 is 5.11 Å². The molecule has 4 heteroatoms. The molecule has 1 aliphatic rings. The first-order valence-corrected chi connectivity index (χ1v) is 6.35. The Kier molecular flexibility index (Phi) is 4.31. The Hall–Kier alpha value is -1.42. The molecule has 0 saturated carbocycles. The fraction of sp³-hybridized carbons (Fsp3) is 0.500. The normalized spacial score (nSPS) is 20.2. The van der Waals surface area contributed by atoms with E-state index in [1.54, 1.807) is 12.1 Å². The zero-order valence-corrected chi connectivity index (χ0v) is 10.3. The van der Waals surface area contributed by atoms with E-state index < -0.39 is 5.97 Å². The highest BCUT2D eigenvalue weighted by Gasteiger charge is 2.24. The number of carbonyl (C=O) groups is 1. The Morgan fingerprint density at radius 3 is 2.78 bits per heavy atom. The van der Waals surface area contributed by atoms with Crippen LogP contribution in [0.1, 0.15) is 31.2 Å². The summed E-state index contributed by atoms with van der Waals surface area (Å²) in [5.41, 5.74) is 1.08. The van der Waals surface area contributed by atoms with Crippen LogP contribution in [-0.2, 0) is 11.3 Å². The SMILES string of the molecule is O=C(O)CCC1CCCN1Cc1ccc(F)cc1. The Labute approximate surface area is 106 Å². The predicted octanol–water partition coefficient (Wildman–Crippen LogP) is 2.65. The first kappa shape index (κ1) is 13.0. The summed E-state index contributed by atoms with van der Waals surface area (Å²) in [7, 11) is 0. The van der Waals surface area contributed by atoms with E-state index >= 15 is 0 Å². The minimum absolute atomic E-state index is 0.220. The van der Waals surface area contributed by atoms with Gasteiger partial charge in [0.2, 0.25) is 0 Å². The fourth-order valence-corrected chi connectivity index (χ4v) is 2.54. The molecule has 1 aliphatic heterocycles. The van der Waals surface area contributed by atoms with E-state index in [4.69, 9.17) is 5.11 Å². The fourth-order valence-electron chi connectivity index (χ4n) is 2.54. The van der Waals surface area contributed by atoms with Crippen molar-refractivity contribution in [3.8, 4) is 0 Å². The first-order valence-electron chi connectivity index (χ1n) is 6.35. The van der Waals surface area contributed by atoms with E-state index in [1.165, 1.54) is 12.1 Å². The van der Waals surface area contributed by atoms with Crippen molar-refractivity contribution in [1.82, 2.24) is 4.90 Å². The summed E-state index contributed by atoms with van der Waals surface area (Å²) < 4.78 is 12.8. The molecule has 1 atom stereocenters. The molecule has 1 unspecified atom stereocenters. The number of hydrogen-bond donors (Lipinski definition) is 1. The standard InChI is InChI=1S/C14H18FNO2/c15-12-5-3-11(4-6-12)10-16-9-1-2-13(16)7-8-14(17)18/h3-6,13H,1-2,7-10H2,(H,17,18). The van der Waals surface area contributed by atoms with Crippen molar-refractivity contribution in [1.29, 1.82) is 0 Å². The van der Waals surface area contributed by atoms with E-state index in [9.17, 15) is 9.18 Å². The van der Waals surface area contributed by atoms with Crippen LogP contribution in [0.4, 0.5) is 4.39 Å². The number of aliphatic carboxylic acids is 1. The van der Waals surface area contributed by atoms with Crippen LogP contribution in [0.3, 0.4) is 0 Å². The molecule has 18 heavy (non-hydrogen) atoms. The molecule has 3 nitrogen and oxygen atoms in total. The third kappa shape index (κ3) is 3.53. The van der Waals surface area contributed by atoms with E-state index in [1.807, 2.05) is 0 Å². The van der Waals surface area contributed by atoms with Crippen molar-refractivity contribution < 1.29 is 14.3 Å². The molecule has 0 radical (unpaired) electrons. The summed E-state index contributed by atoms with van der Waals surface area (Å²) >= 11 is 0. The molecule has 1 aromatic carbocycles. The molecule has 98 valence electrons. The predicted molar refractivity (Wildman–Crippen MR) is 66.7 cm³/mol. The lowest BCUT2D eigenvalue weighted by Gasteiger charge is -2.24. The molecule has 0 spiro atoms. The monoisotopic (exact) mass is 251 g/mol. The highest BCUT2D eigenvalue weighted by atomic mass is 19.1. The highest BCUT2D eigenvalue weighted by molar-refractivity contribution is 5.66. The van der Waals surface area contributed by atoms with Crippen LogP contribution in [0.5, 0.6) is 0 Å². The van der Waals surface area contributed by atoms with E-state index in [0.717, 1.165) is 31.5 Å². The van der Waals surface area contributed by atoms with Crippen LogP contribution in [0, 0.1) is 5.82 Å². The molecule has 1 aromatic rings. The largest absolute Gasteiger partial charge is 0.481 e. The van der Waals surface area contributed by atoms with Crippen molar-refractivity contribution in [2.45, 2.75) is 38.3 Å². The lowest BCUT2D eigenvalue weighted by atomic mass is 10.1. The Balaban J connectivity index is 1.91. The number of nitrogens with zero attached hydrogens (tertiary/aromatic N) is 1. The summed E-state index contributed by atoms with van der Waals surface area (Å²) in [6.07, 6.45) is 3.11. The highest BCUT2D eigenvalue weighted by Crippen LogP contribution is 2.23. The maximum absolute atomic E-state index is 12.8. The quantitative estimate of drug-likeness (QED) is 0.874. The van der Waals surface area contributed by atoms with Crippen molar-refractivity contribution in [3.63, 3.8) is 0 Å². The van der Waals surface area contributed by atoms with Crippen LogP contribution < -0.4 is 0 Å². The van der Waals surface area contributed by atoms with E-state index in [-0.39, 0.29) is 12.2 Å². The average molecular weight is 251 g/mol. The van der Waals surface area contributed by atoms with Gasteiger partial charge in [0, 0.05) is 19.0 Å². The first-order chi connectivity index (χ1) is 8.65. The molecular weight excluding hydrogens is 233 g/mol. The number of carboxylic acids is 1. The van der Waals surface area contributed by atoms with E-state index in [0.29, 0.717) is 12.5 Å². The number of halogens is 1. The van der Waals surface area contributed by atoms with Crippen molar-refractivity contribution in [2.75, 3.05) is 6.54 Å². The second-order valence-corrected chi connectivity index (χ2v) is 4.83. The van der Waals surface area contributed by atoms with Gasteiger partial charge in [-0.1, -0.05) is 12.1 Å². The Morgan fingerprint density at radius 2 is 2.11 bits per heavy atom. The van der Waals surface area contributed by atoms with Crippen LogP contribution in [0.15, 0.2) is 24.3 Å². The maximum atomic E-state index is 12.8. The van der Waals surface area contributed by atoms with Gasteiger partial charge in [0.05, 0.1) is 0 Å². The minimum atomic E-state index is -0.733. The Morgan fingerprint density at radius 1 is 1.39 bits per heavy atom. The van der Waals surface area contributed by atoms with Gasteiger partial charge >= 0.3 is 5.97 Å². The smallest absolute Gasteiger partial charge is 0.303 e. The molecular formula is C14H18FNO2. The van der Waals surface area contributed by atoms with Gasteiger partial charge in [-0.25, -0.2) is 4.39 Å². The average Bonchev–Trinajstić information content (AvgIpc) is 2.77. The van der Waals surface area contributed by atoms with Crippen LogP contribution in [0.2, 0.25) is 0 Å². The van der Waals surface area contributed by atoms with Gasteiger partial charge in [0.1, 0.15) is 5.82 Å². The van der Waals surface area contributed by atoms with Gasteiger partial charge in [0.25, 0.3) is 0 Å². The number of benzene rings is 1. The third-order valence-electron chi connectivity index (χ3n) is 3.49. The summed E-state index contributed by atoms with van der Waals surface area (Å²) in [6.45, 7) is 1.78. The van der Waals surface area contributed by atoms with Gasteiger partial charge in [-0.05, 0) is 43.5 Å². The number of rotatable bonds is 5. The lowest BCUT2D eigenvalue weighted by Crippen LogP contribution is -2.29. The third-order valence-corrected chi connectivity index (χ3v) is 3.49.